The maximum atomic E-state index is 12.9. The molecule has 0 radical (unpaired) electrons. The number of benzene rings is 1. The smallest absolute Gasteiger partial charge is 0.259 e. The third kappa shape index (κ3) is 2.89. The third-order valence-corrected chi connectivity index (χ3v) is 2.79. The van der Waals surface area contributed by atoms with Crippen LogP contribution >= 0.6 is 15.9 Å². The number of hydrogen-bond donors (Lipinski definition) is 1. The van der Waals surface area contributed by atoms with Gasteiger partial charge in [-0.1, -0.05) is 5.16 Å². The molecule has 1 unspecified atom stereocenters. The van der Waals surface area contributed by atoms with Crippen LogP contribution in [0.1, 0.15) is 12.7 Å². The number of nitrogens with zero attached hydrogens (tertiary/aromatic N) is 2. The van der Waals surface area contributed by atoms with Gasteiger partial charge in [0.05, 0.1) is 5.56 Å². The normalized spacial score (nSPS) is 12.7. The number of hydrogen-bond acceptors (Lipinski definition) is 4. The van der Waals surface area contributed by atoms with Crippen LogP contribution in [0.2, 0.25) is 0 Å². The van der Waals surface area contributed by atoms with E-state index in [0.29, 0.717) is 28.2 Å². The van der Waals surface area contributed by atoms with Crippen LogP contribution in [-0.4, -0.2) is 16.2 Å². The lowest BCUT2D eigenvalue weighted by Crippen LogP contribution is -2.18. The summed E-state index contributed by atoms with van der Waals surface area (Å²) < 4.78 is 18.6. The topological polar surface area (TPSA) is 64.9 Å². The van der Waals surface area contributed by atoms with Crippen molar-refractivity contribution >= 4 is 15.9 Å². The molecular weight excluding hydrogens is 289 g/mol. The minimum absolute atomic E-state index is 0.0305. The Morgan fingerprint density at radius 2 is 2.29 bits per heavy atom. The van der Waals surface area contributed by atoms with Crippen molar-refractivity contribution in [3.8, 4) is 11.5 Å². The van der Waals surface area contributed by atoms with Crippen LogP contribution in [0.3, 0.4) is 0 Å². The third-order valence-electron chi connectivity index (χ3n) is 2.13. The Hall–Kier alpha value is -1.27. The van der Waals surface area contributed by atoms with E-state index >= 15 is 0 Å². The summed E-state index contributed by atoms with van der Waals surface area (Å²) in [4.78, 5) is 4.20. The van der Waals surface area contributed by atoms with Crippen LogP contribution in [0.5, 0.6) is 0 Å². The maximum Gasteiger partial charge on any atom is 0.259 e. The van der Waals surface area contributed by atoms with Crippen LogP contribution in [0, 0.1) is 5.82 Å². The molecule has 1 atom stereocenters. The zero-order chi connectivity index (χ0) is 12.4. The molecule has 0 aliphatic carbocycles. The van der Waals surface area contributed by atoms with Gasteiger partial charge in [0.2, 0.25) is 0 Å². The number of rotatable bonds is 3. The molecule has 0 amide bonds. The van der Waals surface area contributed by atoms with Gasteiger partial charge in [0.1, 0.15) is 5.82 Å². The van der Waals surface area contributed by atoms with Crippen LogP contribution in [-0.2, 0) is 6.42 Å². The molecule has 0 aliphatic heterocycles. The summed E-state index contributed by atoms with van der Waals surface area (Å²) in [5.41, 5.74) is 6.30. The molecular formula is C11H11BrFN3O. The van der Waals surface area contributed by atoms with E-state index in [2.05, 4.69) is 26.1 Å². The summed E-state index contributed by atoms with van der Waals surface area (Å²) in [7, 11) is 0. The van der Waals surface area contributed by atoms with Crippen molar-refractivity contribution in [2.24, 2.45) is 5.73 Å². The second-order valence-corrected chi connectivity index (χ2v) is 4.68. The first-order valence-corrected chi connectivity index (χ1v) is 5.89. The second kappa shape index (κ2) is 4.93. The number of nitrogens with two attached hydrogens (primary N) is 1. The van der Waals surface area contributed by atoms with E-state index in [4.69, 9.17) is 10.3 Å². The molecule has 6 heteroatoms. The van der Waals surface area contributed by atoms with Gasteiger partial charge in [-0.2, -0.15) is 4.98 Å². The summed E-state index contributed by atoms with van der Waals surface area (Å²) in [6.07, 6.45) is 0.544. The van der Waals surface area contributed by atoms with Crippen LogP contribution < -0.4 is 5.73 Å². The molecule has 2 rings (SSSR count). The van der Waals surface area contributed by atoms with Gasteiger partial charge in [0.15, 0.2) is 5.82 Å². The maximum absolute atomic E-state index is 12.9. The lowest BCUT2D eigenvalue weighted by atomic mass is 10.2. The van der Waals surface area contributed by atoms with E-state index in [9.17, 15) is 4.39 Å². The fourth-order valence-electron chi connectivity index (χ4n) is 1.40. The predicted octanol–water partition coefficient (Wildman–Crippen LogP) is 2.53. The highest BCUT2D eigenvalue weighted by Gasteiger charge is 2.13. The Morgan fingerprint density at radius 3 is 2.94 bits per heavy atom. The van der Waals surface area contributed by atoms with Crippen molar-refractivity contribution in [3.05, 3.63) is 34.3 Å². The highest BCUT2D eigenvalue weighted by atomic mass is 79.9. The molecule has 0 spiro atoms. The van der Waals surface area contributed by atoms with Gasteiger partial charge in [-0.25, -0.2) is 4.39 Å². The summed E-state index contributed by atoms with van der Waals surface area (Å²) >= 11 is 3.25. The fourth-order valence-corrected chi connectivity index (χ4v) is 1.92. The molecule has 4 nitrogen and oxygen atoms in total. The summed E-state index contributed by atoms with van der Waals surface area (Å²) in [5.74, 6) is 0.578. The van der Waals surface area contributed by atoms with Gasteiger partial charge in [-0.3, -0.25) is 0 Å². The molecule has 0 fully saturated rings. The lowest BCUT2D eigenvalue weighted by Gasteiger charge is -1.98. The van der Waals surface area contributed by atoms with Gasteiger partial charge >= 0.3 is 0 Å². The molecule has 1 aromatic heterocycles. The SMILES string of the molecule is CC(N)Cc1noc(-c2ccc(F)cc2Br)n1. The standard InChI is InChI=1S/C11H11BrFN3O/c1-6(14)4-10-15-11(17-16-10)8-3-2-7(13)5-9(8)12/h2-3,5-6H,4,14H2,1H3. The van der Waals surface area contributed by atoms with Crippen molar-refractivity contribution in [2.75, 3.05) is 0 Å². The van der Waals surface area contributed by atoms with E-state index in [1.807, 2.05) is 6.92 Å². The minimum Gasteiger partial charge on any atom is -0.334 e. The van der Waals surface area contributed by atoms with E-state index < -0.39 is 0 Å². The molecule has 0 saturated heterocycles. The van der Waals surface area contributed by atoms with Crippen molar-refractivity contribution in [2.45, 2.75) is 19.4 Å². The first-order valence-electron chi connectivity index (χ1n) is 5.10. The van der Waals surface area contributed by atoms with E-state index in [1.165, 1.54) is 12.1 Å². The van der Waals surface area contributed by atoms with Gasteiger partial charge in [0.25, 0.3) is 5.89 Å². The minimum atomic E-state index is -0.323. The Bertz CT molecular complexity index is 527. The van der Waals surface area contributed by atoms with Gasteiger partial charge in [0, 0.05) is 16.9 Å². The van der Waals surface area contributed by atoms with Crippen LogP contribution in [0.15, 0.2) is 27.2 Å². The lowest BCUT2D eigenvalue weighted by molar-refractivity contribution is 0.420. The molecule has 1 aromatic carbocycles. The van der Waals surface area contributed by atoms with Crippen molar-refractivity contribution in [1.29, 1.82) is 0 Å². The van der Waals surface area contributed by atoms with Crippen LogP contribution in [0.4, 0.5) is 4.39 Å². The molecule has 2 N–H and O–H groups in total. The quantitative estimate of drug-likeness (QED) is 0.946. The van der Waals surface area contributed by atoms with E-state index in [-0.39, 0.29) is 11.9 Å². The Balaban J connectivity index is 2.30. The van der Waals surface area contributed by atoms with Crippen molar-refractivity contribution < 1.29 is 8.91 Å². The first-order chi connectivity index (χ1) is 8.06. The van der Waals surface area contributed by atoms with Crippen molar-refractivity contribution in [1.82, 2.24) is 10.1 Å². The monoisotopic (exact) mass is 299 g/mol. The molecule has 1 heterocycles. The van der Waals surface area contributed by atoms with Crippen molar-refractivity contribution in [3.63, 3.8) is 0 Å². The van der Waals surface area contributed by atoms with E-state index in [0.717, 1.165) is 0 Å². The van der Waals surface area contributed by atoms with Crippen LogP contribution in [0.25, 0.3) is 11.5 Å². The Morgan fingerprint density at radius 1 is 1.53 bits per heavy atom. The molecule has 0 aliphatic rings. The average molecular weight is 300 g/mol. The summed E-state index contributed by atoms with van der Waals surface area (Å²) in [6, 6.07) is 4.25. The largest absolute Gasteiger partial charge is 0.334 e. The molecule has 2 aromatic rings. The zero-order valence-electron chi connectivity index (χ0n) is 9.15. The molecule has 17 heavy (non-hydrogen) atoms. The highest BCUT2D eigenvalue weighted by molar-refractivity contribution is 9.10. The fraction of sp³-hybridized carbons (Fsp3) is 0.273. The highest BCUT2D eigenvalue weighted by Crippen LogP contribution is 2.27. The Labute approximate surface area is 106 Å². The van der Waals surface area contributed by atoms with Gasteiger partial charge in [-0.15, -0.1) is 0 Å². The molecule has 0 bridgehead atoms. The molecule has 0 saturated carbocycles. The molecule has 90 valence electrons. The number of halogens is 2. The predicted molar refractivity (Wildman–Crippen MR) is 64.7 cm³/mol. The number of aromatic nitrogens is 2. The summed E-state index contributed by atoms with van der Waals surface area (Å²) in [5, 5.41) is 3.82. The van der Waals surface area contributed by atoms with Gasteiger partial charge in [-0.05, 0) is 41.1 Å². The van der Waals surface area contributed by atoms with Gasteiger partial charge < -0.3 is 10.3 Å². The second-order valence-electron chi connectivity index (χ2n) is 3.82. The first kappa shape index (κ1) is 12.2. The Kier molecular flexibility index (Phi) is 3.54. The zero-order valence-corrected chi connectivity index (χ0v) is 10.7. The summed E-state index contributed by atoms with van der Waals surface area (Å²) in [6.45, 7) is 1.86. The van der Waals surface area contributed by atoms with E-state index in [1.54, 1.807) is 6.07 Å². The average Bonchev–Trinajstić information content (AvgIpc) is 2.65.